The Morgan fingerprint density at radius 3 is 2.78 bits per heavy atom. The number of rotatable bonds is 6. The predicted octanol–water partition coefficient (Wildman–Crippen LogP) is 1.18. The molecule has 1 aliphatic rings. The van der Waals surface area contributed by atoms with Gasteiger partial charge in [0.05, 0.1) is 5.69 Å². The third-order valence-corrected chi connectivity index (χ3v) is 3.77. The number of benzene rings is 1. The van der Waals surface area contributed by atoms with Crippen molar-refractivity contribution < 1.29 is 14.3 Å². The zero-order chi connectivity index (χ0) is 17.0. The third kappa shape index (κ3) is 4.22. The molecule has 2 rings (SSSR count). The second-order valence-corrected chi connectivity index (χ2v) is 6.06. The minimum atomic E-state index is -0.528. The lowest BCUT2D eigenvalue weighted by Crippen LogP contribution is -2.50. The molecular weight excluding hydrogens is 294 g/mol. The molecule has 23 heavy (non-hydrogen) atoms. The number of hydrogen-bond acceptors (Lipinski definition) is 4. The van der Waals surface area contributed by atoms with Crippen molar-refractivity contribution in [3.8, 4) is 5.75 Å². The van der Waals surface area contributed by atoms with E-state index in [2.05, 4.69) is 5.32 Å². The Morgan fingerprint density at radius 1 is 1.39 bits per heavy atom. The number of anilines is 1. The van der Waals surface area contributed by atoms with Crippen molar-refractivity contribution in [1.82, 2.24) is 10.2 Å². The molecule has 6 heteroatoms. The number of fused-ring (bicyclic) bond motifs is 1. The van der Waals surface area contributed by atoms with Crippen LogP contribution in [-0.2, 0) is 9.59 Å². The fourth-order valence-corrected chi connectivity index (χ4v) is 2.47. The van der Waals surface area contributed by atoms with Crippen LogP contribution in [0.4, 0.5) is 5.69 Å². The van der Waals surface area contributed by atoms with Gasteiger partial charge in [0, 0.05) is 13.1 Å². The summed E-state index contributed by atoms with van der Waals surface area (Å²) < 4.78 is 5.74. The van der Waals surface area contributed by atoms with Gasteiger partial charge in [-0.3, -0.25) is 14.5 Å². The molecule has 0 saturated carbocycles. The van der Waals surface area contributed by atoms with Crippen LogP contribution in [-0.4, -0.2) is 56.5 Å². The van der Waals surface area contributed by atoms with Crippen LogP contribution < -0.4 is 15.0 Å². The summed E-state index contributed by atoms with van der Waals surface area (Å²) in [6.07, 6.45) is 0.0463. The summed E-state index contributed by atoms with van der Waals surface area (Å²) in [5.41, 5.74) is 1.69. The van der Waals surface area contributed by atoms with Crippen molar-refractivity contribution in [2.75, 3.05) is 38.6 Å². The van der Waals surface area contributed by atoms with E-state index in [4.69, 9.17) is 4.74 Å². The molecule has 2 amide bonds. The van der Waals surface area contributed by atoms with E-state index in [1.165, 1.54) is 4.90 Å². The summed E-state index contributed by atoms with van der Waals surface area (Å²) in [6, 6.07) is 5.68. The lowest BCUT2D eigenvalue weighted by molar-refractivity contribution is -0.129. The smallest absolute Gasteiger partial charge is 0.268 e. The summed E-state index contributed by atoms with van der Waals surface area (Å²) in [5.74, 6) is 0.334. The minimum absolute atomic E-state index is 0.0164. The molecule has 0 saturated heterocycles. The number of aryl methyl sites for hydroxylation is 1. The molecule has 0 unspecified atom stereocenters. The normalized spacial score (nSPS) is 17.0. The number of ether oxygens (including phenoxy) is 1. The fourth-order valence-electron chi connectivity index (χ4n) is 2.47. The largest absolute Gasteiger partial charge is 0.478 e. The van der Waals surface area contributed by atoms with Crippen LogP contribution in [0.5, 0.6) is 5.75 Å². The maximum Gasteiger partial charge on any atom is 0.268 e. The van der Waals surface area contributed by atoms with Crippen LogP contribution in [0, 0.1) is 6.92 Å². The highest BCUT2D eigenvalue weighted by atomic mass is 16.5. The first kappa shape index (κ1) is 17.3. The molecule has 0 aliphatic carbocycles. The van der Waals surface area contributed by atoms with Gasteiger partial charge in [0.15, 0.2) is 6.10 Å². The van der Waals surface area contributed by atoms with E-state index < -0.39 is 6.10 Å². The number of carbonyl (C=O) groups is 2. The Bertz CT molecular complexity index is 586. The number of carbonyl (C=O) groups excluding carboxylic acids is 2. The lowest BCUT2D eigenvalue weighted by Gasteiger charge is -2.34. The van der Waals surface area contributed by atoms with E-state index in [0.29, 0.717) is 24.4 Å². The molecule has 0 spiro atoms. The van der Waals surface area contributed by atoms with Crippen LogP contribution in [0.3, 0.4) is 0 Å². The zero-order valence-corrected chi connectivity index (χ0v) is 14.3. The molecule has 1 aliphatic heterocycles. The van der Waals surface area contributed by atoms with Crippen molar-refractivity contribution in [2.24, 2.45) is 0 Å². The molecule has 1 heterocycles. The Morgan fingerprint density at radius 2 is 2.13 bits per heavy atom. The molecule has 1 N–H and O–H groups in total. The molecular formula is C17H25N3O3. The molecule has 1 aromatic rings. The van der Waals surface area contributed by atoms with Gasteiger partial charge in [-0.1, -0.05) is 13.0 Å². The van der Waals surface area contributed by atoms with Gasteiger partial charge in [0.1, 0.15) is 12.3 Å². The molecule has 0 fully saturated rings. The summed E-state index contributed by atoms with van der Waals surface area (Å²) in [7, 11) is 3.89. The van der Waals surface area contributed by atoms with E-state index in [-0.39, 0.29) is 18.4 Å². The number of hydrogen-bond donors (Lipinski definition) is 1. The van der Waals surface area contributed by atoms with Gasteiger partial charge >= 0.3 is 0 Å². The van der Waals surface area contributed by atoms with Gasteiger partial charge < -0.3 is 15.0 Å². The molecule has 0 radical (unpaired) electrons. The predicted molar refractivity (Wildman–Crippen MR) is 89.8 cm³/mol. The molecule has 0 bridgehead atoms. The maximum atomic E-state index is 12.6. The van der Waals surface area contributed by atoms with Crippen molar-refractivity contribution in [3.05, 3.63) is 23.8 Å². The van der Waals surface area contributed by atoms with E-state index in [9.17, 15) is 9.59 Å². The highest BCUT2D eigenvalue weighted by Gasteiger charge is 2.34. The second-order valence-electron chi connectivity index (χ2n) is 6.06. The van der Waals surface area contributed by atoms with Crippen molar-refractivity contribution in [3.63, 3.8) is 0 Å². The van der Waals surface area contributed by atoms with E-state index in [1.807, 2.05) is 51.0 Å². The van der Waals surface area contributed by atoms with E-state index in [1.54, 1.807) is 0 Å². The molecule has 6 nitrogen and oxygen atoms in total. The van der Waals surface area contributed by atoms with E-state index in [0.717, 1.165) is 12.1 Å². The van der Waals surface area contributed by atoms with Gasteiger partial charge in [0.2, 0.25) is 5.91 Å². The van der Waals surface area contributed by atoms with Gasteiger partial charge in [-0.15, -0.1) is 0 Å². The monoisotopic (exact) mass is 319 g/mol. The topological polar surface area (TPSA) is 61.9 Å². The highest BCUT2D eigenvalue weighted by molar-refractivity contribution is 6.03. The van der Waals surface area contributed by atoms with Gasteiger partial charge in [-0.2, -0.15) is 0 Å². The number of nitrogens with zero attached hydrogens (tertiary/aromatic N) is 2. The molecule has 0 aromatic heterocycles. The van der Waals surface area contributed by atoms with Crippen LogP contribution >= 0.6 is 0 Å². The average Bonchev–Trinajstić information content (AvgIpc) is 2.49. The first-order chi connectivity index (χ1) is 10.9. The van der Waals surface area contributed by atoms with Gasteiger partial charge in [0.25, 0.3) is 5.91 Å². The lowest BCUT2D eigenvalue weighted by atomic mass is 10.1. The summed E-state index contributed by atoms with van der Waals surface area (Å²) in [6.45, 7) is 5.18. The number of amides is 2. The molecule has 1 atom stereocenters. The van der Waals surface area contributed by atoms with Crippen LogP contribution in [0.15, 0.2) is 18.2 Å². The SMILES string of the molecule is CC[C@H]1Oc2ccc(C)cc2N(CC(=O)NCCN(C)C)C1=O. The molecule has 1 aromatic carbocycles. The zero-order valence-electron chi connectivity index (χ0n) is 14.3. The fraction of sp³-hybridized carbons (Fsp3) is 0.529. The minimum Gasteiger partial charge on any atom is -0.478 e. The summed E-state index contributed by atoms with van der Waals surface area (Å²) in [5, 5.41) is 2.84. The number of likely N-dealkylation sites (N-methyl/N-ethyl adjacent to an activating group) is 1. The Labute approximate surface area is 137 Å². The average molecular weight is 319 g/mol. The first-order valence-electron chi connectivity index (χ1n) is 7.92. The van der Waals surface area contributed by atoms with Crippen molar-refractivity contribution in [1.29, 1.82) is 0 Å². The van der Waals surface area contributed by atoms with Gasteiger partial charge in [-0.05, 0) is 45.1 Å². The Kier molecular flexibility index (Phi) is 5.60. The molecule has 126 valence electrons. The summed E-state index contributed by atoms with van der Waals surface area (Å²) >= 11 is 0. The van der Waals surface area contributed by atoms with E-state index >= 15 is 0 Å². The van der Waals surface area contributed by atoms with Crippen LogP contribution in [0.1, 0.15) is 18.9 Å². The highest BCUT2D eigenvalue weighted by Crippen LogP contribution is 2.35. The van der Waals surface area contributed by atoms with Crippen molar-refractivity contribution >= 4 is 17.5 Å². The Balaban J connectivity index is 2.14. The van der Waals surface area contributed by atoms with Gasteiger partial charge in [-0.25, -0.2) is 0 Å². The first-order valence-corrected chi connectivity index (χ1v) is 7.92. The second kappa shape index (κ2) is 7.46. The van der Waals surface area contributed by atoms with Crippen molar-refractivity contribution in [2.45, 2.75) is 26.4 Å². The standard InChI is InChI=1S/C17H25N3O3/c1-5-14-17(22)20(11-16(21)18-8-9-19(3)4)13-10-12(2)6-7-15(13)23-14/h6-7,10,14H,5,8-9,11H2,1-4H3,(H,18,21)/t14-/m1/s1. The van der Waals surface area contributed by atoms with Crippen LogP contribution in [0.25, 0.3) is 0 Å². The summed E-state index contributed by atoms with van der Waals surface area (Å²) in [4.78, 5) is 28.2. The maximum absolute atomic E-state index is 12.6. The number of nitrogens with one attached hydrogen (secondary N) is 1. The van der Waals surface area contributed by atoms with Crippen LogP contribution in [0.2, 0.25) is 0 Å². The quantitative estimate of drug-likeness (QED) is 0.855. The third-order valence-electron chi connectivity index (χ3n) is 3.77. The Hall–Kier alpha value is -2.08.